The average molecular weight is 463 g/mol. The Labute approximate surface area is 197 Å². The zero-order chi connectivity index (χ0) is 23.3. The number of hydrogen-bond donors (Lipinski definition) is 2. The van der Waals surface area contributed by atoms with Gasteiger partial charge < -0.3 is 34.3 Å². The maximum Gasteiger partial charge on any atom is 0.315 e. The van der Waals surface area contributed by atoms with Gasteiger partial charge in [-0.2, -0.15) is 0 Å². The summed E-state index contributed by atoms with van der Waals surface area (Å²) in [5.74, 6) is 3.67. The molecule has 2 N–H and O–H groups in total. The molecule has 0 bridgehead atoms. The maximum absolute atomic E-state index is 12.8. The van der Waals surface area contributed by atoms with Crippen molar-refractivity contribution in [1.29, 1.82) is 0 Å². The number of amides is 2. The molecule has 0 saturated carbocycles. The van der Waals surface area contributed by atoms with Crippen LogP contribution in [-0.4, -0.2) is 32.8 Å². The van der Waals surface area contributed by atoms with Gasteiger partial charge in [-0.3, -0.25) is 0 Å². The molecule has 0 unspecified atom stereocenters. The number of carbonyl (C=O) groups is 1. The Hall–Kier alpha value is -4.07. The first-order chi connectivity index (χ1) is 16.7. The van der Waals surface area contributed by atoms with E-state index in [2.05, 4.69) is 10.6 Å². The minimum Gasteiger partial charge on any atom is -0.497 e. The first-order valence-corrected chi connectivity index (χ1v) is 11.1. The first-order valence-electron chi connectivity index (χ1n) is 11.1. The van der Waals surface area contributed by atoms with Crippen molar-refractivity contribution in [2.24, 2.45) is 0 Å². The van der Waals surface area contributed by atoms with E-state index in [4.69, 9.17) is 23.7 Å². The molecule has 0 aromatic heterocycles. The van der Waals surface area contributed by atoms with Crippen LogP contribution in [0.15, 0.2) is 60.7 Å². The molecule has 8 heteroatoms. The highest BCUT2D eigenvalue weighted by molar-refractivity contribution is 5.74. The molecule has 2 heterocycles. The summed E-state index contributed by atoms with van der Waals surface area (Å²) in [6.07, 6.45) is 1.25. The van der Waals surface area contributed by atoms with Crippen molar-refractivity contribution in [3.05, 3.63) is 77.4 Å². The molecule has 0 saturated heterocycles. The lowest BCUT2D eigenvalue weighted by Gasteiger charge is -2.20. The van der Waals surface area contributed by atoms with Crippen LogP contribution in [0.25, 0.3) is 0 Å². The van der Waals surface area contributed by atoms with Gasteiger partial charge in [0.1, 0.15) is 5.75 Å². The molecule has 2 amide bonds. The van der Waals surface area contributed by atoms with E-state index in [1.807, 2.05) is 60.7 Å². The third kappa shape index (κ3) is 5.11. The molecule has 8 nitrogen and oxygen atoms in total. The molecule has 0 radical (unpaired) electrons. The Bertz CT molecular complexity index is 1120. The quantitative estimate of drug-likeness (QED) is 0.530. The topological polar surface area (TPSA) is 87.3 Å². The van der Waals surface area contributed by atoms with Gasteiger partial charge in [0.25, 0.3) is 0 Å². The Kier molecular flexibility index (Phi) is 6.29. The number of methoxy groups -OCH3 is 1. The Morgan fingerprint density at radius 3 is 2.06 bits per heavy atom. The van der Waals surface area contributed by atoms with Crippen molar-refractivity contribution in [2.45, 2.75) is 25.4 Å². The van der Waals surface area contributed by atoms with Crippen molar-refractivity contribution in [1.82, 2.24) is 10.6 Å². The van der Waals surface area contributed by atoms with E-state index in [0.717, 1.165) is 45.4 Å². The molecule has 3 aromatic rings. The molecule has 0 spiro atoms. The standard InChI is InChI=1S/C26H26N2O6/c1-30-21-4-2-3-19(11-21)14-27-26(29)28-20(9-17-5-7-22-24(12-17)33-15-31-22)10-18-6-8-23-25(13-18)34-16-32-23/h2-8,11-13,20H,9-10,14-16H2,1H3,(H2,27,28,29). The number of benzene rings is 3. The summed E-state index contributed by atoms with van der Waals surface area (Å²) in [7, 11) is 1.62. The smallest absolute Gasteiger partial charge is 0.315 e. The van der Waals surface area contributed by atoms with Gasteiger partial charge in [-0.05, 0) is 65.9 Å². The Balaban J connectivity index is 1.28. The summed E-state index contributed by atoms with van der Waals surface area (Å²) >= 11 is 0. The van der Waals surface area contributed by atoms with E-state index < -0.39 is 0 Å². The number of urea groups is 1. The Morgan fingerprint density at radius 2 is 1.44 bits per heavy atom. The number of hydrogen-bond acceptors (Lipinski definition) is 6. The SMILES string of the molecule is COc1cccc(CNC(=O)NC(Cc2ccc3c(c2)OCO3)Cc2ccc3c(c2)OCO3)c1. The Morgan fingerprint density at radius 1 is 0.824 bits per heavy atom. The van der Waals surface area contributed by atoms with Crippen molar-refractivity contribution in [3.8, 4) is 28.7 Å². The zero-order valence-electron chi connectivity index (χ0n) is 18.8. The fourth-order valence-corrected chi connectivity index (χ4v) is 4.08. The van der Waals surface area contributed by atoms with Crippen molar-refractivity contribution in [3.63, 3.8) is 0 Å². The zero-order valence-corrected chi connectivity index (χ0v) is 18.8. The minimum atomic E-state index is -0.241. The summed E-state index contributed by atoms with van der Waals surface area (Å²) in [5, 5.41) is 6.06. The van der Waals surface area contributed by atoms with Gasteiger partial charge in [0.15, 0.2) is 23.0 Å². The van der Waals surface area contributed by atoms with Crippen LogP contribution >= 0.6 is 0 Å². The first kappa shape index (κ1) is 21.8. The van der Waals surface area contributed by atoms with Gasteiger partial charge in [-0.1, -0.05) is 24.3 Å². The second-order valence-electron chi connectivity index (χ2n) is 8.16. The van der Waals surface area contributed by atoms with Crippen molar-refractivity contribution in [2.75, 3.05) is 20.7 Å². The molecule has 2 aliphatic rings. The number of rotatable bonds is 8. The normalized spacial score (nSPS) is 13.1. The molecule has 5 rings (SSSR count). The minimum absolute atomic E-state index is 0.161. The van der Waals surface area contributed by atoms with Gasteiger partial charge in [0.2, 0.25) is 13.6 Å². The van der Waals surface area contributed by atoms with E-state index in [0.29, 0.717) is 19.4 Å². The lowest BCUT2D eigenvalue weighted by atomic mass is 9.98. The predicted molar refractivity (Wildman–Crippen MR) is 125 cm³/mol. The van der Waals surface area contributed by atoms with Crippen LogP contribution in [0.1, 0.15) is 16.7 Å². The van der Waals surface area contributed by atoms with E-state index in [1.165, 1.54) is 0 Å². The van der Waals surface area contributed by atoms with Crippen LogP contribution in [0.5, 0.6) is 28.7 Å². The maximum atomic E-state index is 12.8. The fourth-order valence-electron chi connectivity index (χ4n) is 4.08. The number of carbonyl (C=O) groups excluding carboxylic acids is 1. The molecular formula is C26H26N2O6. The summed E-state index contributed by atoms with van der Waals surface area (Å²) in [6.45, 7) is 0.846. The highest BCUT2D eigenvalue weighted by Gasteiger charge is 2.20. The summed E-state index contributed by atoms with van der Waals surface area (Å²) in [5.41, 5.74) is 3.05. The molecule has 176 valence electrons. The lowest BCUT2D eigenvalue weighted by Crippen LogP contribution is -2.44. The van der Waals surface area contributed by atoms with Crippen molar-refractivity contribution >= 4 is 6.03 Å². The van der Waals surface area contributed by atoms with E-state index in [-0.39, 0.29) is 25.7 Å². The molecule has 0 fully saturated rings. The largest absolute Gasteiger partial charge is 0.497 e. The van der Waals surface area contributed by atoms with E-state index in [9.17, 15) is 4.79 Å². The fraction of sp³-hybridized carbons (Fsp3) is 0.269. The van der Waals surface area contributed by atoms with Crippen molar-refractivity contribution < 1.29 is 28.5 Å². The van der Waals surface area contributed by atoms with Gasteiger partial charge in [0.05, 0.1) is 7.11 Å². The van der Waals surface area contributed by atoms with Crippen LogP contribution in [0, 0.1) is 0 Å². The summed E-state index contributed by atoms with van der Waals surface area (Å²) < 4.78 is 27.1. The van der Waals surface area contributed by atoms with Gasteiger partial charge in [-0.15, -0.1) is 0 Å². The number of fused-ring (bicyclic) bond motifs is 2. The van der Waals surface area contributed by atoms with Gasteiger partial charge >= 0.3 is 6.03 Å². The predicted octanol–water partition coefficient (Wildman–Crippen LogP) is 3.81. The average Bonchev–Trinajstić information content (AvgIpc) is 3.51. The van der Waals surface area contributed by atoms with Crippen LogP contribution in [-0.2, 0) is 19.4 Å². The monoisotopic (exact) mass is 462 g/mol. The van der Waals surface area contributed by atoms with E-state index in [1.54, 1.807) is 7.11 Å². The second kappa shape index (κ2) is 9.82. The van der Waals surface area contributed by atoms with Crippen LogP contribution in [0.4, 0.5) is 4.79 Å². The summed E-state index contributed by atoms with van der Waals surface area (Å²) in [6, 6.07) is 18.9. The molecule has 0 atom stereocenters. The van der Waals surface area contributed by atoms with Gasteiger partial charge in [0, 0.05) is 12.6 Å². The third-order valence-electron chi connectivity index (χ3n) is 5.76. The number of nitrogens with one attached hydrogen (secondary N) is 2. The van der Waals surface area contributed by atoms with Gasteiger partial charge in [-0.25, -0.2) is 4.79 Å². The summed E-state index contributed by atoms with van der Waals surface area (Å²) in [4.78, 5) is 12.8. The number of ether oxygens (including phenoxy) is 5. The van der Waals surface area contributed by atoms with Crippen LogP contribution < -0.4 is 34.3 Å². The van der Waals surface area contributed by atoms with Crippen LogP contribution in [0.2, 0.25) is 0 Å². The van der Waals surface area contributed by atoms with E-state index >= 15 is 0 Å². The second-order valence-corrected chi connectivity index (χ2v) is 8.16. The molecule has 34 heavy (non-hydrogen) atoms. The molecule has 0 aliphatic carbocycles. The molecule has 2 aliphatic heterocycles. The highest BCUT2D eigenvalue weighted by atomic mass is 16.7. The molecular weight excluding hydrogens is 436 g/mol. The third-order valence-corrected chi connectivity index (χ3v) is 5.76. The molecule has 3 aromatic carbocycles. The lowest BCUT2D eigenvalue weighted by molar-refractivity contribution is 0.173. The van der Waals surface area contributed by atoms with Crippen LogP contribution in [0.3, 0.4) is 0 Å². The highest BCUT2D eigenvalue weighted by Crippen LogP contribution is 2.34.